The Labute approximate surface area is 259 Å². The Morgan fingerprint density at radius 3 is 1.00 bits per heavy atom. The van der Waals surface area contributed by atoms with Crippen LogP contribution in [0.25, 0.3) is 0 Å². The van der Waals surface area contributed by atoms with Gasteiger partial charge in [0.2, 0.25) is 0 Å². The lowest BCUT2D eigenvalue weighted by Crippen LogP contribution is -2.14. The normalized spacial score (nSPS) is 10.5. The molecule has 10 nitrogen and oxygen atoms in total. The van der Waals surface area contributed by atoms with Gasteiger partial charge in [-0.25, -0.2) is 9.59 Å². The van der Waals surface area contributed by atoms with E-state index in [-0.39, 0.29) is 22.6 Å². The van der Waals surface area contributed by atoms with Gasteiger partial charge in [0, 0.05) is 24.3 Å². The number of hydrogen-bond donors (Lipinski definition) is 0. The van der Waals surface area contributed by atoms with E-state index in [1.54, 1.807) is 24.3 Å². The zero-order chi connectivity index (χ0) is 31.9. The number of carbonyl (C=O) groups is 2. The molecule has 0 radical (unpaired) electrons. The van der Waals surface area contributed by atoms with E-state index in [2.05, 4.69) is 0 Å². The average Bonchev–Trinajstić information content (AvgIpc) is 3.00. The van der Waals surface area contributed by atoms with Crippen molar-refractivity contribution in [2.24, 2.45) is 0 Å². The summed E-state index contributed by atoms with van der Waals surface area (Å²) < 4.78 is 45.8. The zero-order valence-corrected chi connectivity index (χ0v) is 26.4. The molecule has 0 aliphatic rings. The summed E-state index contributed by atoms with van der Waals surface area (Å²) in [4.78, 5) is 26.6. The maximum atomic E-state index is 13.3. The van der Waals surface area contributed by atoms with Gasteiger partial charge in [-0.2, -0.15) is 0 Å². The van der Waals surface area contributed by atoms with Gasteiger partial charge >= 0.3 is 11.9 Å². The van der Waals surface area contributed by atoms with Gasteiger partial charge in [0.15, 0.2) is 0 Å². The van der Waals surface area contributed by atoms with Crippen molar-refractivity contribution in [3.63, 3.8) is 0 Å². The summed E-state index contributed by atoms with van der Waals surface area (Å²) in [6.07, 6.45) is 1.65. The van der Waals surface area contributed by atoms with Gasteiger partial charge in [-0.1, -0.05) is 13.8 Å². The summed E-state index contributed by atoms with van der Waals surface area (Å²) in [6.45, 7) is 13.6. The number of benzene rings is 3. The highest BCUT2D eigenvalue weighted by Gasteiger charge is 2.25. The van der Waals surface area contributed by atoms with Crippen LogP contribution in [0.3, 0.4) is 0 Å². The van der Waals surface area contributed by atoms with Crippen molar-refractivity contribution >= 4 is 11.9 Å². The van der Waals surface area contributed by atoms with Crippen LogP contribution in [0, 0.1) is 0 Å². The molecule has 0 amide bonds. The summed E-state index contributed by atoms with van der Waals surface area (Å²) in [5, 5.41) is 0. The van der Waals surface area contributed by atoms with E-state index in [0.29, 0.717) is 74.1 Å². The largest absolute Gasteiger partial charge is 0.493 e. The van der Waals surface area contributed by atoms with Gasteiger partial charge in [-0.15, -0.1) is 0 Å². The smallest absolute Gasteiger partial charge is 0.351 e. The molecule has 0 N–H and O–H groups in total. The van der Waals surface area contributed by atoms with Crippen molar-refractivity contribution in [2.75, 3.05) is 39.6 Å². The number of ether oxygens (including phenoxy) is 8. The molecule has 3 rings (SSSR count). The fraction of sp³-hybridized carbons (Fsp3) is 0.412. The third-order valence-electron chi connectivity index (χ3n) is 5.88. The maximum absolute atomic E-state index is 13.3. The lowest BCUT2D eigenvalue weighted by molar-refractivity contribution is 0.0709. The Morgan fingerprint density at radius 1 is 0.455 bits per heavy atom. The minimum Gasteiger partial charge on any atom is -0.493 e. The summed E-state index contributed by atoms with van der Waals surface area (Å²) in [6, 6.07) is 12.7. The number of hydrogen-bond acceptors (Lipinski definition) is 10. The molecule has 10 heteroatoms. The van der Waals surface area contributed by atoms with E-state index in [1.807, 2.05) is 41.5 Å². The Balaban J connectivity index is 1.83. The lowest BCUT2D eigenvalue weighted by atomic mass is 10.1. The van der Waals surface area contributed by atoms with Crippen LogP contribution < -0.4 is 37.9 Å². The number of esters is 2. The fourth-order valence-electron chi connectivity index (χ4n) is 4.11. The molecule has 0 atom stereocenters. The summed E-state index contributed by atoms with van der Waals surface area (Å²) >= 11 is 0. The van der Waals surface area contributed by atoms with Gasteiger partial charge < -0.3 is 37.9 Å². The van der Waals surface area contributed by atoms with Crippen LogP contribution in [0.15, 0.2) is 48.5 Å². The molecule has 238 valence electrons. The topological polar surface area (TPSA) is 108 Å². The van der Waals surface area contributed by atoms with Crippen molar-refractivity contribution < 1.29 is 47.5 Å². The lowest BCUT2D eigenvalue weighted by Gasteiger charge is -2.17. The molecule has 44 heavy (non-hydrogen) atoms. The predicted molar refractivity (Wildman–Crippen MR) is 165 cm³/mol. The second-order valence-corrected chi connectivity index (χ2v) is 9.27. The van der Waals surface area contributed by atoms with E-state index in [1.165, 1.54) is 24.3 Å². The van der Waals surface area contributed by atoms with Crippen LogP contribution in [-0.2, 0) is 0 Å². The number of rotatable bonds is 18. The highest BCUT2D eigenvalue weighted by molar-refractivity contribution is 5.98. The number of carbonyl (C=O) groups excluding carboxylic acids is 2. The van der Waals surface area contributed by atoms with Crippen LogP contribution in [0.2, 0.25) is 0 Å². The monoisotopic (exact) mass is 610 g/mol. The molecule has 0 spiro atoms. The van der Waals surface area contributed by atoms with E-state index >= 15 is 0 Å². The molecule has 0 saturated carbocycles. The first kappa shape index (κ1) is 33.9. The van der Waals surface area contributed by atoms with Gasteiger partial charge in [-0.05, 0) is 64.8 Å². The van der Waals surface area contributed by atoms with Gasteiger partial charge in [0.05, 0.1) is 39.6 Å². The van der Waals surface area contributed by atoms with E-state index in [0.717, 1.165) is 12.8 Å². The van der Waals surface area contributed by atoms with Crippen LogP contribution in [0.5, 0.6) is 46.0 Å². The van der Waals surface area contributed by atoms with E-state index in [4.69, 9.17) is 37.9 Å². The van der Waals surface area contributed by atoms with Gasteiger partial charge in [0.1, 0.15) is 57.1 Å². The molecule has 0 unspecified atom stereocenters. The molecule has 0 aliphatic carbocycles. The van der Waals surface area contributed by atoms with Gasteiger partial charge in [-0.3, -0.25) is 0 Å². The molecule has 0 fully saturated rings. The maximum Gasteiger partial charge on any atom is 0.351 e. The summed E-state index contributed by atoms with van der Waals surface area (Å²) in [5.74, 6) is 1.36. The van der Waals surface area contributed by atoms with E-state index < -0.39 is 11.9 Å². The molecule has 3 aromatic rings. The Bertz CT molecular complexity index is 1210. The summed E-state index contributed by atoms with van der Waals surface area (Å²) in [7, 11) is 0. The Morgan fingerprint density at radius 2 is 0.750 bits per heavy atom. The third-order valence-corrected chi connectivity index (χ3v) is 5.88. The minimum atomic E-state index is -0.670. The third kappa shape index (κ3) is 9.20. The second-order valence-electron chi connectivity index (χ2n) is 9.27. The predicted octanol–water partition coefficient (Wildman–Crippen LogP) is 7.30. The second kappa shape index (κ2) is 17.5. The van der Waals surface area contributed by atoms with Gasteiger partial charge in [0.25, 0.3) is 0 Å². The summed E-state index contributed by atoms with van der Waals surface area (Å²) in [5.41, 5.74) is 0.289. The first-order valence-electron chi connectivity index (χ1n) is 15.1. The standard InChI is InChI=1S/C34H42O10/c1-7-17-41-25-19-27(37-9-3)31(28(20-25)38-10-4)33(35)43-23-13-15-24(16-14-23)44-34(36)32-29(39-11-5)21-26(42-18-8-2)22-30(32)40-12-6/h13-16,19-22H,7-12,17-18H2,1-6H3. The Hall–Kier alpha value is -4.60. The van der Waals surface area contributed by atoms with Crippen LogP contribution >= 0.6 is 0 Å². The first-order chi connectivity index (χ1) is 21.4. The minimum absolute atomic E-state index is 0.145. The molecule has 0 saturated heterocycles. The van der Waals surface area contributed by atoms with Crippen molar-refractivity contribution in [2.45, 2.75) is 54.4 Å². The molecule has 0 bridgehead atoms. The highest BCUT2D eigenvalue weighted by Crippen LogP contribution is 2.37. The van der Waals surface area contributed by atoms with Crippen molar-refractivity contribution in [1.82, 2.24) is 0 Å². The van der Waals surface area contributed by atoms with Crippen LogP contribution in [0.1, 0.15) is 75.1 Å². The Kier molecular flexibility index (Phi) is 13.5. The van der Waals surface area contributed by atoms with Crippen molar-refractivity contribution in [3.05, 3.63) is 59.7 Å². The zero-order valence-electron chi connectivity index (χ0n) is 26.4. The van der Waals surface area contributed by atoms with Crippen molar-refractivity contribution in [3.8, 4) is 46.0 Å². The molecular formula is C34H42O10. The highest BCUT2D eigenvalue weighted by atomic mass is 16.6. The SMILES string of the molecule is CCCOc1cc(OCC)c(C(=O)Oc2ccc(OC(=O)c3c(OCC)cc(OCCC)cc3OCC)cc2)c(OCC)c1. The fourth-order valence-corrected chi connectivity index (χ4v) is 4.11. The first-order valence-corrected chi connectivity index (χ1v) is 15.1. The van der Waals surface area contributed by atoms with Crippen LogP contribution in [0.4, 0.5) is 0 Å². The quantitative estimate of drug-likeness (QED) is 0.108. The molecule has 0 aliphatic heterocycles. The molecule has 3 aromatic carbocycles. The van der Waals surface area contributed by atoms with Crippen LogP contribution in [-0.4, -0.2) is 51.6 Å². The van der Waals surface area contributed by atoms with E-state index in [9.17, 15) is 9.59 Å². The van der Waals surface area contributed by atoms with Crippen molar-refractivity contribution in [1.29, 1.82) is 0 Å². The average molecular weight is 611 g/mol. The molecule has 0 heterocycles. The molecular weight excluding hydrogens is 568 g/mol. The molecule has 0 aromatic heterocycles.